The van der Waals surface area contributed by atoms with Gasteiger partial charge in [-0.25, -0.2) is 0 Å². The molecule has 1 atom stereocenters. The van der Waals surface area contributed by atoms with Crippen LogP contribution in [0, 0.1) is 0 Å². The summed E-state index contributed by atoms with van der Waals surface area (Å²) in [7, 11) is 0. The Hall–Kier alpha value is 0.110. The van der Waals surface area contributed by atoms with E-state index in [1.807, 2.05) is 30.0 Å². The van der Waals surface area contributed by atoms with Gasteiger partial charge in [-0.15, -0.1) is 0 Å². The number of rotatable bonds is 6. The van der Waals surface area contributed by atoms with Crippen molar-refractivity contribution in [2.45, 2.75) is 44.9 Å². The summed E-state index contributed by atoms with van der Waals surface area (Å²) in [6.07, 6.45) is 0.937. The number of likely N-dealkylation sites (N-methyl/N-ethyl adjacent to an activating group) is 1. The summed E-state index contributed by atoms with van der Waals surface area (Å²) in [5.74, 6) is 1.08. The summed E-state index contributed by atoms with van der Waals surface area (Å²) in [6.45, 7) is 9.85. The minimum atomic E-state index is 0.289. The highest BCUT2D eigenvalue weighted by atomic mass is 35.5. The van der Waals surface area contributed by atoms with Crippen molar-refractivity contribution in [1.29, 1.82) is 0 Å². The molecule has 1 aromatic rings. The summed E-state index contributed by atoms with van der Waals surface area (Å²) in [5, 5.41) is 4.99. The van der Waals surface area contributed by atoms with E-state index in [1.165, 1.54) is 0 Å². The molecule has 1 rings (SSSR count). The second kappa shape index (κ2) is 7.78. The zero-order valence-electron chi connectivity index (χ0n) is 12.1. The van der Waals surface area contributed by atoms with Gasteiger partial charge in [-0.05, 0) is 30.7 Å². The minimum absolute atomic E-state index is 0.289. The van der Waals surface area contributed by atoms with E-state index >= 15 is 0 Å². The minimum Gasteiger partial charge on any atom is -0.313 e. The molecule has 0 aliphatic carbocycles. The van der Waals surface area contributed by atoms with Crippen molar-refractivity contribution in [3.8, 4) is 0 Å². The molecule has 0 bridgehead atoms. The Balaban J connectivity index is 2.67. The highest BCUT2D eigenvalue weighted by Crippen LogP contribution is 2.26. The zero-order valence-corrected chi connectivity index (χ0v) is 14.4. The van der Waals surface area contributed by atoms with E-state index in [9.17, 15) is 0 Å². The van der Waals surface area contributed by atoms with Crippen LogP contribution < -0.4 is 5.32 Å². The fourth-order valence-electron chi connectivity index (χ4n) is 1.78. The molecule has 0 aliphatic heterocycles. The van der Waals surface area contributed by atoms with Gasteiger partial charge in [0.25, 0.3) is 0 Å². The molecule has 0 radical (unpaired) electrons. The summed E-state index contributed by atoms with van der Waals surface area (Å²) in [5.41, 5.74) is 1.16. The molecule has 1 unspecified atom stereocenters. The van der Waals surface area contributed by atoms with Gasteiger partial charge in [0.1, 0.15) is 0 Å². The molecular weight excluding hydrogens is 297 g/mol. The van der Waals surface area contributed by atoms with E-state index in [-0.39, 0.29) is 4.75 Å². The molecule has 0 aliphatic rings. The molecule has 1 aromatic carbocycles. The van der Waals surface area contributed by atoms with Gasteiger partial charge in [0.05, 0.1) is 0 Å². The van der Waals surface area contributed by atoms with Crippen LogP contribution in [-0.2, 0) is 6.42 Å². The van der Waals surface area contributed by atoms with E-state index in [2.05, 4.69) is 33.0 Å². The van der Waals surface area contributed by atoms with Gasteiger partial charge in [-0.2, -0.15) is 11.8 Å². The first-order valence-electron chi connectivity index (χ1n) is 6.63. The SMILES string of the molecule is CCNC(CSC(C)(C)C)Cc1ccc(Cl)cc1Cl. The van der Waals surface area contributed by atoms with Crippen LogP contribution in [0.5, 0.6) is 0 Å². The van der Waals surface area contributed by atoms with E-state index in [4.69, 9.17) is 23.2 Å². The maximum Gasteiger partial charge on any atom is 0.0453 e. The van der Waals surface area contributed by atoms with Crippen molar-refractivity contribution in [3.63, 3.8) is 0 Å². The van der Waals surface area contributed by atoms with Gasteiger partial charge in [-0.1, -0.05) is 57.0 Å². The standard InChI is InChI=1S/C15H23Cl2NS/c1-5-18-13(10-19-15(2,3)4)8-11-6-7-12(16)9-14(11)17/h6-7,9,13,18H,5,8,10H2,1-4H3. The second-order valence-electron chi connectivity index (χ2n) is 5.62. The number of hydrogen-bond acceptors (Lipinski definition) is 2. The Morgan fingerprint density at radius 2 is 1.95 bits per heavy atom. The number of halogens is 2. The van der Waals surface area contributed by atoms with Gasteiger partial charge in [0, 0.05) is 26.6 Å². The van der Waals surface area contributed by atoms with Crippen LogP contribution in [0.25, 0.3) is 0 Å². The van der Waals surface area contributed by atoms with Gasteiger partial charge in [0.15, 0.2) is 0 Å². The molecule has 0 saturated carbocycles. The maximum absolute atomic E-state index is 6.24. The maximum atomic E-state index is 6.24. The van der Waals surface area contributed by atoms with Crippen LogP contribution in [0.4, 0.5) is 0 Å². The summed E-state index contributed by atoms with van der Waals surface area (Å²) < 4.78 is 0.289. The topological polar surface area (TPSA) is 12.0 Å². The molecule has 108 valence electrons. The van der Waals surface area contributed by atoms with Crippen LogP contribution in [-0.4, -0.2) is 23.1 Å². The normalized spacial score (nSPS) is 13.6. The fraction of sp³-hybridized carbons (Fsp3) is 0.600. The summed E-state index contributed by atoms with van der Waals surface area (Å²) in [4.78, 5) is 0. The van der Waals surface area contributed by atoms with Crippen LogP contribution >= 0.6 is 35.0 Å². The molecular formula is C15H23Cl2NS. The molecule has 0 aromatic heterocycles. The first-order valence-corrected chi connectivity index (χ1v) is 8.37. The lowest BCUT2D eigenvalue weighted by atomic mass is 10.1. The predicted molar refractivity (Wildman–Crippen MR) is 89.8 cm³/mol. The zero-order chi connectivity index (χ0) is 14.5. The highest BCUT2D eigenvalue weighted by Gasteiger charge is 2.16. The summed E-state index contributed by atoms with van der Waals surface area (Å²) in [6, 6.07) is 6.19. The molecule has 1 N–H and O–H groups in total. The molecule has 0 heterocycles. The monoisotopic (exact) mass is 319 g/mol. The summed E-state index contributed by atoms with van der Waals surface area (Å²) >= 11 is 14.2. The molecule has 19 heavy (non-hydrogen) atoms. The van der Waals surface area contributed by atoms with Crippen molar-refractivity contribution in [2.24, 2.45) is 0 Å². The average Bonchev–Trinajstić information content (AvgIpc) is 2.28. The second-order valence-corrected chi connectivity index (χ2v) is 8.31. The third-order valence-electron chi connectivity index (χ3n) is 2.69. The van der Waals surface area contributed by atoms with Crippen molar-refractivity contribution in [2.75, 3.05) is 12.3 Å². The van der Waals surface area contributed by atoms with E-state index in [0.29, 0.717) is 11.1 Å². The van der Waals surface area contributed by atoms with Crippen LogP contribution in [0.3, 0.4) is 0 Å². The van der Waals surface area contributed by atoms with Gasteiger partial charge < -0.3 is 5.32 Å². The van der Waals surface area contributed by atoms with Crippen LogP contribution in [0.15, 0.2) is 18.2 Å². The molecule has 0 spiro atoms. The number of hydrogen-bond donors (Lipinski definition) is 1. The Bertz CT molecular complexity index is 402. The van der Waals surface area contributed by atoms with E-state index < -0.39 is 0 Å². The predicted octanol–water partition coefficient (Wildman–Crippen LogP) is 5.05. The lowest BCUT2D eigenvalue weighted by Crippen LogP contribution is -2.34. The van der Waals surface area contributed by atoms with Crippen molar-refractivity contribution in [1.82, 2.24) is 5.32 Å². The largest absolute Gasteiger partial charge is 0.313 e. The Morgan fingerprint density at radius 1 is 1.26 bits per heavy atom. The first kappa shape index (κ1) is 17.2. The van der Waals surface area contributed by atoms with E-state index in [0.717, 1.165) is 29.3 Å². The lowest BCUT2D eigenvalue weighted by Gasteiger charge is -2.24. The molecule has 0 fully saturated rings. The molecule has 0 amide bonds. The Labute approximate surface area is 131 Å². The van der Waals surface area contributed by atoms with Crippen molar-refractivity contribution in [3.05, 3.63) is 33.8 Å². The van der Waals surface area contributed by atoms with E-state index in [1.54, 1.807) is 0 Å². The Kier molecular flexibility index (Phi) is 7.02. The molecule has 0 saturated heterocycles. The number of benzene rings is 1. The third kappa shape index (κ3) is 6.89. The van der Waals surface area contributed by atoms with Gasteiger partial charge >= 0.3 is 0 Å². The van der Waals surface area contributed by atoms with Gasteiger partial charge in [0.2, 0.25) is 0 Å². The van der Waals surface area contributed by atoms with Crippen molar-refractivity contribution < 1.29 is 0 Å². The third-order valence-corrected chi connectivity index (χ3v) is 4.71. The molecule has 1 nitrogen and oxygen atoms in total. The van der Waals surface area contributed by atoms with Crippen molar-refractivity contribution >= 4 is 35.0 Å². The highest BCUT2D eigenvalue weighted by molar-refractivity contribution is 8.00. The Morgan fingerprint density at radius 3 is 2.47 bits per heavy atom. The average molecular weight is 320 g/mol. The van der Waals surface area contributed by atoms with Gasteiger partial charge in [-0.3, -0.25) is 0 Å². The fourth-order valence-corrected chi connectivity index (χ4v) is 3.20. The van der Waals surface area contributed by atoms with Crippen LogP contribution in [0.1, 0.15) is 33.3 Å². The smallest absolute Gasteiger partial charge is 0.0453 e. The number of thioether (sulfide) groups is 1. The quantitative estimate of drug-likeness (QED) is 0.787. The molecule has 4 heteroatoms. The first-order chi connectivity index (χ1) is 8.81. The number of nitrogens with one attached hydrogen (secondary N) is 1. The lowest BCUT2D eigenvalue weighted by molar-refractivity contribution is 0.570. The van der Waals surface area contributed by atoms with Crippen LogP contribution in [0.2, 0.25) is 10.0 Å².